The number of carbonyl (C=O) groups excluding carboxylic acids is 1. The quantitative estimate of drug-likeness (QED) is 0.768. The van der Waals surface area contributed by atoms with Gasteiger partial charge in [-0.2, -0.15) is 0 Å². The second-order valence-corrected chi connectivity index (χ2v) is 6.96. The summed E-state index contributed by atoms with van der Waals surface area (Å²) in [7, 11) is 1.79. The minimum atomic E-state index is -0.254. The number of rotatable bonds is 2. The summed E-state index contributed by atoms with van der Waals surface area (Å²) in [6, 6.07) is 0. The third kappa shape index (κ3) is 0.944. The van der Waals surface area contributed by atoms with Crippen LogP contribution >= 0.6 is 0 Å². The average Bonchev–Trinajstić information content (AvgIpc) is 3.27. The van der Waals surface area contributed by atoms with Crippen molar-refractivity contribution >= 4 is 5.91 Å². The predicted molar refractivity (Wildman–Crippen MR) is 70.5 cm³/mol. The van der Waals surface area contributed by atoms with Gasteiger partial charge in [0, 0.05) is 50.0 Å². The van der Waals surface area contributed by atoms with Crippen LogP contribution in [-0.2, 0) is 17.5 Å². The first-order valence-corrected chi connectivity index (χ1v) is 7.33. The second kappa shape index (κ2) is 2.88. The van der Waals surface area contributed by atoms with E-state index in [4.69, 9.17) is 0 Å². The van der Waals surface area contributed by atoms with E-state index < -0.39 is 0 Å². The molecule has 1 aromatic rings. The molecule has 6 heteroatoms. The summed E-state index contributed by atoms with van der Waals surface area (Å²) < 4.78 is 3.51. The van der Waals surface area contributed by atoms with Gasteiger partial charge in [0.25, 0.3) is 0 Å². The van der Waals surface area contributed by atoms with Crippen molar-refractivity contribution in [1.29, 1.82) is 0 Å². The molecule has 2 saturated carbocycles. The molecule has 4 aliphatic rings. The standard InChI is InChI=1S/C14H18N4O2/c1-7(19)15-13-8-5-10(8)14(16-13,11-6-9(11)13)18-4-3-17(2)12(18)20/h3-4,8-11,16H,5-6H2,1-2H3,(H,15,19). The highest BCUT2D eigenvalue weighted by molar-refractivity contribution is 5.74. The number of fused-ring (bicyclic) bond motifs is 8. The van der Waals surface area contributed by atoms with E-state index >= 15 is 0 Å². The van der Waals surface area contributed by atoms with Gasteiger partial charge in [-0.05, 0) is 12.8 Å². The molecule has 20 heavy (non-hydrogen) atoms. The molecular formula is C14H18N4O2. The van der Waals surface area contributed by atoms with Crippen LogP contribution in [0.15, 0.2) is 17.2 Å². The van der Waals surface area contributed by atoms with Gasteiger partial charge in [0.05, 0.1) is 5.66 Å². The Morgan fingerprint density at radius 3 is 2.45 bits per heavy atom. The Hall–Kier alpha value is -1.56. The van der Waals surface area contributed by atoms with E-state index in [-0.39, 0.29) is 22.9 Å². The van der Waals surface area contributed by atoms with Crippen molar-refractivity contribution in [3.05, 3.63) is 22.9 Å². The summed E-state index contributed by atoms with van der Waals surface area (Å²) in [5, 5.41) is 6.85. The van der Waals surface area contributed by atoms with Gasteiger partial charge in [0.2, 0.25) is 5.91 Å². The van der Waals surface area contributed by atoms with Gasteiger partial charge in [-0.1, -0.05) is 0 Å². The van der Waals surface area contributed by atoms with Crippen LogP contribution in [0.3, 0.4) is 0 Å². The van der Waals surface area contributed by atoms with Crippen molar-refractivity contribution in [3.63, 3.8) is 0 Å². The molecule has 1 amide bonds. The van der Waals surface area contributed by atoms with E-state index in [1.54, 1.807) is 18.5 Å². The fourth-order valence-electron chi connectivity index (χ4n) is 5.29. The van der Waals surface area contributed by atoms with Crippen LogP contribution in [-0.4, -0.2) is 20.7 Å². The van der Waals surface area contributed by atoms with Crippen LogP contribution in [0.4, 0.5) is 0 Å². The van der Waals surface area contributed by atoms with Gasteiger partial charge in [-0.3, -0.25) is 14.7 Å². The second-order valence-electron chi connectivity index (χ2n) is 6.96. The van der Waals surface area contributed by atoms with Crippen molar-refractivity contribution in [1.82, 2.24) is 19.8 Å². The predicted octanol–water partition coefficient (Wildman–Crippen LogP) is -0.439. The third-order valence-electron chi connectivity index (χ3n) is 6.02. The summed E-state index contributed by atoms with van der Waals surface area (Å²) >= 11 is 0. The average molecular weight is 274 g/mol. The maximum Gasteiger partial charge on any atom is 0.329 e. The topological polar surface area (TPSA) is 68.1 Å². The van der Waals surface area contributed by atoms with Crippen LogP contribution in [0.25, 0.3) is 0 Å². The maximum absolute atomic E-state index is 12.4. The molecule has 2 aliphatic heterocycles. The van der Waals surface area contributed by atoms with Crippen molar-refractivity contribution in [2.45, 2.75) is 31.1 Å². The number of nitrogens with one attached hydrogen (secondary N) is 2. The lowest BCUT2D eigenvalue weighted by Gasteiger charge is -2.35. The number of imidazole rings is 1. The molecule has 2 saturated heterocycles. The van der Waals surface area contributed by atoms with Gasteiger partial charge >= 0.3 is 5.69 Å². The number of aromatic nitrogens is 2. The van der Waals surface area contributed by atoms with Crippen LogP contribution in [0.2, 0.25) is 0 Å². The Morgan fingerprint density at radius 2 is 1.95 bits per heavy atom. The van der Waals surface area contributed by atoms with E-state index in [2.05, 4.69) is 10.6 Å². The monoisotopic (exact) mass is 274 g/mol. The molecule has 1 aromatic heterocycles. The van der Waals surface area contributed by atoms with Crippen molar-refractivity contribution in [2.75, 3.05) is 0 Å². The van der Waals surface area contributed by atoms with Crippen LogP contribution < -0.4 is 16.3 Å². The number of carbonyl (C=O) groups is 1. The first kappa shape index (κ1) is 11.1. The molecule has 2 N–H and O–H groups in total. The van der Waals surface area contributed by atoms with Crippen molar-refractivity contribution < 1.29 is 4.79 Å². The molecule has 0 spiro atoms. The molecule has 2 bridgehead atoms. The van der Waals surface area contributed by atoms with E-state index in [1.165, 1.54) is 0 Å². The largest absolute Gasteiger partial charge is 0.338 e. The minimum absolute atomic E-state index is 0.0203. The van der Waals surface area contributed by atoms with Gasteiger partial charge in [0.1, 0.15) is 5.66 Å². The van der Waals surface area contributed by atoms with Crippen molar-refractivity contribution in [3.8, 4) is 0 Å². The van der Waals surface area contributed by atoms with Crippen LogP contribution in [0.5, 0.6) is 0 Å². The lowest BCUT2D eigenvalue weighted by atomic mass is 9.91. The zero-order valence-electron chi connectivity index (χ0n) is 11.6. The first-order chi connectivity index (χ1) is 9.50. The van der Waals surface area contributed by atoms with Gasteiger partial charge in [-0.25, -0.2) is 4.79 Å². The van der Waals surface area contributed by atoms with Gasteiger partial charge < -0.3 is 9.88 Å². The van der Waals surface area contributed by atoms with Crippen LogP contribution in [0.1, 0.15) is 19.8 Å². The Labute approximate surface area is 116 Å². The van der Waals surface area contributed by atoms with E-state index in [1.807, 2.05) is 17.0 Å². The SMILES string of the molecule is CC(=O)NC12NC(n3ccn(C)c3=O)(C3CC31)C1CC12. The summed E-state index contributed by atoms with van der Waals surface area (Å²) in [6.07, 6.45) is 5.95. The molecular weight excluding hydrogens is 256 g/mol. The molecule has 3 heterocycles. The van der Waals surface area contributed by atoms with Crippen molar-refractivity contribution in [2.24, 2.45) is 30.7 Å². The smallest absolute Gasteiger partial charge is 0.329 e. The van der Waals surface area contributed by atoms with E-state index in [9.17, 15) is 9.59 Å². The summed E-state index contributed by atoms with van der Waals surface area (Å²) in [5.41, 5.74) is -0.471. The lowest BCUT2D eigenvalue weighted by molar-refractivity contribution is -0.121. The highest BCUT2D eigenvalue weighted by atomic mass is 16.2. The molecule has 0 aromatic carbocycles. The van der Waals surface area contributed by atoms with E-state index in [0.717, 1.165) is 12.8 Å². The van der Waals surface area contributed by atoms with E-state index in [0.29, 0.717) is 23.7 Å². The fourth-order valence-corrected chi connectivity index (χ4v) is 5.29. The minimum Gasteiger partial charge on any atom is -0.338 e. The highest BCUT2D eigenvalue weighted by Gasteiger charge is 2.86. The number of aryl methyl sites for hydroxylation is 1. The number of nitrogens with zero attached hydrogens (tertiary/aromatic N) is 2. The molecule has 4 fully saturated rings. The summed E-state index contributed by atoms with van der Waals surface area (Å²) in [6.45, 7) is 1.58. The number of hydrogen-bond donors (Lipinski definition) is 2. The lowest BCUT2D eigenvalue weighted by Crippen LogP contribution is -2.61. The Bertz CT molecular complexity index is 684. The zero-order chi connectivity index (χ0) is 13.9. The molecule has 4 unspecified atom stereocenters. The Kier molecular flexibility index (Phi) is 1.61. The Morgan fingerprint density at radius 1 is 1.30 bits per heavy atom. The molecule has 2 aliphatic carbocycles. The van der Waals surface area contributed by atoms with Gasteiger partial charge in [-0.15, -0.1) is 0 Å². The molecule has 0 radical (unpaired) electrons. The third-order valence-corrected chi connectivity index (χ3v) is 6.02. The zero-order valence-corrected chi connectivity index (χ0v) is 11.6. The summed E-state index contributed by atoms with van der Waals surface area (Å²) in [4.78, 5) is 24.0. The first-order valence-electron chi connectivity index (χ1n) is 7.33. The van der Waals surface area contributed by atoms with Crippen LogP contribution in [0, 0.1) is 23.7 Å². The number of hydrogen-bond acceptors (Lipinski definition) is 3. The molecule has 4 atom stereocenters. The maximum atomic E-state index is 12.4. The Balaban J connectivity index is 1.67. The number of amides is 1. The highest BCUT2D eigenvalue weighted by Crippen LogP contribution is 2.78. The normalized spacial score (nSPS) is 49.7. The molecule has 6 nitrogen and oxygen atoms in total. The summed E-state index contributed by atoms with van der Waals surface area (Å²) in [5.74, 6) is 1.97. The van der Waals surface area contributed by atoms with Gasteiger partial charge in [0.15, 0.2) is 0 Å². The molecule has 106 valence electrons. The molecule has 5 rings (SSSR count). The number of piperidine rings is 2. The fraction of sp³-hybridized carbons (Fsp3) is 0.714.